The standard InChI is InChI=1S/C25H24N4O3/c1-16(30)27-20-9-10-29(15-20)25-12-19(18-5-3-17(14-26)4-6-18)11-23(28-25)22-13-21(32-2)7-8-24(22)31/h3-8,11-13,20,31H,9-10,15H2,1-2H3,(H,27,30). The number of methoxy groups -OCH3 is 1. The number of aromatic hydroxyl groups is 1. The number of amides is 1. The maximum absolute atomic E-state index is 11.5. The lowest BCUT2D eigenvalue weighted by molar-refractivity contribution is -0.119. The number of phenolic OH excluding ortho intramolecular Hbond substituents is 1. The van der Waals surface area contributed by atoms with Gasteiger partial charge in [0.2, 0.25) is 5.91 Å². The molecule has 0 radical (unpaired) electrons. The van der Waals surface area contributed by atoms with Gasteiger partial charge in [-0.25, -0.2) is 4.98 Å². The smallest absolute Gasteiger partial charge is 0.217 e. The molecule has 0 aliphatic carbocycles. The van der Waals surface area contributed by atoms with E-state index in [1.54, 1.807) is 37.4 Å². The summed E-state index contributed by atoms with van der Waals surface area (Å²) in [6, 6.07) is 18.5. The summed E-state index contributed by atoms with van der Waals surface area (Å²) in [6.07, 6.45) is 0.835. The van der Waals surface area contributed by atoms with Crippen molar-refractivity contribution in [2.75, 3.05) is 25.1 Å². The molecule has 162 valence electrons. The van der Waals surface area contributed by atoms with Crippen molar-refractivity contribution in [1.29, 1.82) is 5.26 Å². The van der Waals surface area contributed by atoms with Gasteiger partial charge in [0, 0.05) is 31.6 Å². The molecule has 1 atom stereocenters. The van der Waals surface area contributed by atoms with Gasteiger partial charge in [-0.3, -0.25) is 4.79 Å². The van der Waals surface area contributed by atoms with E-state index in [2.05, 4.69) is 16.3 Å². The van der Waals surface area contributed by atoms with Crippen molar-refractivity contribution in [1.82, 2.24) is 10.3 Å². The Bertz CT molecular complexity index is 1180. The fourth-order valence-electron chi connectivity index (χ4n) is 3.94. The van der Waals surface area contributed by atoms with Crippen LogP contribution in [0.15, 0.2) is 54.6 Å². The lowest BCUT2D eigenvalue weighted by Gasteiger charge is -2.20. The van der Waals surface area contributed by atoms with Crippen molar-refractivity contribution in [2.45, 2.75) is 19.4 Å². The van der Waals surface area contributed by atoms with E-state index >= 15 is 0 Å². The molecule has 1 fully saturated rings. The number of carbonyl (C=O) groups excluding carboxylic acids is 1. The van der Waals surface area contributed by atoms with Crippen LogP contribution in [-0.2, 0) is 4.79 Å². The fraction of sp³-hybridized carbons (Fsp3) is 0.240. The maximum atomic E-state index is 11.5. The molecule has 7 nitrogen and oxygen atoms in total. The maximum Gasteiger partial charge on any atom is 0.217 e. The molecule has 4 rings (SSSR count). The number of phenols is 1. The Balaban J connectivity index is 1.79. The molecule has 2 heterocycles. The molecule has 0 spiro atoms. The van der Waals surface area contributed by atoms with E-state index in [1.165, 1.54) is 6.92 Å². The van der Waals surface area contributed by atoms with Crippen LogP contribution in [0.2, 0.25) is 0 Å². The van der Waals surface area contributed by atoms with Crippen molar-refractivity contribution in [3.05, 3.63) is 60.2 Å². The zero-order valence-corrected chi connectivity index (χ0v) is 18.0. The number of hydrogen-bond acceptors (Lipinski definition) is 6. The first-order valence-electron chi connectivity index (χ1n) is 10.4. The Kier molecular flexibility index (Phi) is 5.95. The van der Waals surface area contributed by atoms with Crippen molar-refractivity contribution in [3.8, 4) is 40.0 Å². The predicted octanol–water partition coefficient (Wildman–Crippen LogP) is 3.72. The summed E-state index contributed by atoms with van der Waals surface area (Å²) in [4.78, 5) is 18.4. The van der Waals surface area contributed by atoms with Crippen molar-refractivity contribution in [2.24, 2.45) is 0 Å². The molecule has 32 heavy (non-hydrogen) atoms. The lowest BCUT2D eigenvalue weighted by atomic mass is 10.0. The first kappa shape index (κ1) is 21.2. The van der Waals surface area contributed by atoms with E-state index in [0.717, 1.165) is 29.9 Å². The molecule has 1 aliphatic heterocycles. The van der Waals surface area contributed by atoms with Gasteiger partial charge in [-0.1, -0.05) is 12.1 Å². The molecule has 1 unspecified atom stereocenters. The van der Waals surface area contributed by atoms with Crippen molar-refractivity contribution >= 4 is 11.7 Å². The van der Waals surface area contributed by atoms with E-state index < -0.39 is 0 Å². The third-order valence-electron chi connectivity index (χ3n) is 5.56. The highest BCUT2D eigenvalue weighted by atomic mass is 16.5. The first-order valence-corrected chi connectivity index (χ1v) is 10.4. The van der Waals surface area contributed by atoms with Crippen molar-refractivity contribution in [3.63, 3.8) is 0 Å². The normalized spacial score (nSPS) is 15.3. The molecule has 2 N–H and O–H groups in total. The Labute approximate surface area is 186 Å². The van der Waals surface area contributed by atoms with Crippen LogP contribution in [0, 0.1) is 11.3 Å². The molecule has 1 amide bonds. The van der Waals surface area contributed by atoms with E-state index in [9.17, 15) is 9.90 Å². The monoisotopic (exact) mass is 428 g/mol. The highest BCUT2D eigenvalue weighted by Crippen LogP contribution is 2.36. The average molecular weight is 428 g/mol. The summed E-state index contributed by atoms with van der Waals surface area (Å²) >= 11 is 0. The minimum atomic E-state index is -0.0434. The molecular weight excluding hydrogens is 404 g/mol. The van der Waals surface area contributed by atoms with E-state index in [0.29, 0.717) is 29.1 Å². The molecule has 0 saturated carbocycles. The Morgan fingerprint density at radius 2 is 1.97 bits per heavy atom. The van der Waals surface area contributed by atoms with E-state index in [-0.39, 0.29) is 17.7 Å². The summed E-state index contributed by atoms with van der Waals surface area (Å²) in [5.74, 6) is 1.45. The number of nitriles is 1. The van der Waals surface area contributed by atoms with Gasteiger partial charge in [-0.15, -0.1) is 0 Å². The fourth-order valence-corrected chi connectivity index (χ4v) is 3.94. The quantitative estimate of drug-likeness (QED) is 0.643. The lowest BCUT2D eigenvalue weighted by Crippen LogP contribution is -2.35. The summed E-state index contributed by atoms with van der Waals surface area (Å²) in [7, 11) is 1.58. The van der Waals surface area contributed by atoms with Crippen LogP contribution in [0.25, 0.3) is 22.4 Å². The predicted molar refractivity (Wildman–Crippen MR) is 122 cm³/mol. The molecule has 7 heteroatoms. The highest BCUT2D eigenvalue weighted by molar-refractivity contribution is 5.78. The summed E-state index contributed by atoms with van der Waals surface area (Å²) in [5.41, 5.74) is 3.62. The summed E-state index contributed by atoms with van der Waals surface area (Å²) < 4.78 is 5.33. The van der Waals surface area contributed by atoms with Gasteiger partial charge in [0.15, 0.2) is 0 Å². The molecular formula is C25H24N4O3. The number of rotatable bonds is 5. The number of pyridine rings is 1. The zero-order chi connectivity index (χ0) is 22.7. The second kappa shape index (κ2) is 8.98. The number of hydrogen-bond donors (Lipinski definition) is 2. The van der Waals surface area contributed by atoms with Gasteiger partial charge in [0.1, 0.15) is 17.3 Å². The molecule has 1 aromatic heterocycles. The number of nitrogens with zero attached hydrogens (tertiary/aromatic N) is 3. The van der Waals surface area contributed by atoms with Crippen LogP contribution in [0.1, 0.15) is 18.9 Å². The number of ether oxygens (including phenoxy) is 1. The van der Waals surface area contributed by atoms with Gasteiger partial charge < -0.3 is 20.1 Å². The first-order chi connectivity index (χ1) is 15.5. The van der Waals surface area contributed by atoms with Gasteiger partial charge in [-0.05, 0) is 60.0 Å². The Hall–Kier alpha value is -4.05. The van der Waals surface area contributed by atoms with Crippen molar-refractivity contribution < 1.29 is 14.6 Å². The summed E-state index contributed by atoms with van der Waals surface area (Å²) in [6.45, 7) is 2.95. The second-order valence-corrected chi connectivity index (χ2v) is 7.80. The molecule has 1 saturated heterocycles. The molecule has 2 aromatic carbocycles. The van der Waals surface area contributed by atoms with Gasteiger partial charge in [0.05, 0.1) is 24.4 Å². The van der Waals surface area contributed by atoms with Crippen LogP contribution >= 0.6 is 0 Å². The average Bonchev–Trinajstić information content (AvgIpc) is 3.27. The number of benzene rings is 2. The van der Waals surface area contributed by atoms with Gasteiger partial charge >= 0.3 is 0 Å². The third kappa shape index (κ3) is 4.49. The minimum Gasteiger partial charge on any atom is -0.507 e. The van der Waals surface area contributed by atoms with Gasteiger partial charge in [-0.2, -0.15) is 5.26 Å². The highest BCUT2D eigenvalue weighted by Gasteiger charge is 2.25. The number of aromatic nitrogens is 1. The minimum absolute atomic E-state index is 0.0434. The Morgan fingerprint density at radius 3 is 2.66 bits per heavy atom. The Morgan fingerprint density at radius 1 is 1.19 bits per heavy atom. The molecule has 0 bridgehead atoms. The van der Waals surface area contributed by atoms with E-state index in [4.69, 9.17) is 15.0 Å². The van der Waals surface area contributed by atoms with Crippen LogP contribution in [0.4, 0.5) is 5.82 Å². The molecule has 3 aromatic rings. The van der Waals surface area contributed by atoms with Crippen LogP contribution in [0.3, 0.4) is 0 Å². The van der Waals surface area contributed by atoms with Crippen LogP contribution in [0.5, 0.6) is 11.5 Å². The number of anilines is 1. The number of nitrogens with one attached hydrogen (secondary N) is 1. The van der Waals surface area contributed by atoms with Crippen LogP contribution < -0.4 is 15.0 Å². The summed E-state index contributed by atoms with van der Waals surface area (Å²) in [5, 5.41) is 22.6. The van der Waals surface area contributed by atoms with Gasteiger partial charge in [0.25, 0.3) is 0 Å². The zero-order valence-electron chi connectivity index (χ0n) is 18.0. The number of carbonyl (C=O) groups is 1. The molecule has 1 aliphatic rings. The topological polar surface area (TPSA) is 98.5 Å². The second-order valence-electron chi connectivity index (χ2n) is 7.80. The van der Waals surface area contributed by atoms with Crippen LogP contribution in [-0.4, -0.2) is 42.2 Å². The largest absolute Gasteiger partial charge is 0.507 e. The van der Waals surface area contributed by atoms with E-state index in [1.807, 2.05) is 24.3 Å². The SMILES string of the molecule is COc1ccc(O)c(-c2cc(-c3ccc(C#N)cc3)cc(N3CCC(NC(C)=O)C3)n2)c1. The third-order valence-corrected chi connectivity index (χ3v) is 5.56.